The van der Waals surface area contributed by atoms with Gasteiger partial charge in [0.15, 0.2) is 0 Å². The molecule has 96 valence electrons. The molecule has 1 heterocycles. The monoisotopic (exact) mass is 308 g/mol. The van der Waals surface area contributed by atoms with E-state index in [2.05, 4.69) is 38.9 Å². The predicted octanol–water partition coefficient (Wildman–Crippen LogP) is 2.40. The smallest absolute Gasteiger partial charge is 0.122 e. The summed E-state index contributed by atoms with van der Waals surface area (Å²) in [5.41, 5.74) is 7.84. The Bertz CT molecular complexity index is 536. The summed E-state index contributed by atoms with van der Waals surface area (Å²) in [5.74, 6) is 1.05. The zero-order valence-corrected chi connectivity index (χ0v) is 12.2. The molecule has 4 nitrogen and oxygen atoms in total. The molecule has 0 atom stereocenters. The van der Waals surface area contributed by atoms with Gasteiger partial charge >= 0.3 is 0 Å². The molecule has 2 N–H and O–H groups in total. The zero-order chi connectivity index (χ0) is 13.1. The van der Waals surface area contributed by atoms with Crippen molar-refractivity contribution in [3.8, 4) is 0 Å². The van der Waals surface area contributed by atoms with Crippen molar-refractivity contribution in [2.75, 3.05) is 12.8 Å². The largest absolute Gasteiger partial charge is 0.398 e. The zero-order valence-electron chi connectivity index (χ0n) is 10.6. The fourth-order valence-corrected chi connectivity index (χ4v) is 2.25. The Morgan fingerprint density at radius 1 is 1.39 bits per heavy atom. The van der Waals surface area contributed by atoms with Crippen molar-refractivity contribution in [1.29, 1.82) is 0 Å². The van der Waals surface area contributed by atoms with Crippen LogP contribution in [0.15, 0.2) is 35.1 Å². The molecule has 0 spiro atoms. The third-order valence-electron chi connectivity index (χ3n) is 2.88. The third-order valence-corrected chi connectivity index (χ3v) is 3.85. The first-order valence-electron chi connectivity index (χ1n) is 5.75. The van der Waals surface area contributed by atoms with Gasteiger partial charge in [-0.3, -0.25) is 4.90 Å². The molecular weight excluding hydrogens is 292 g/mol. The maximum atomic E-state index is 5.87. The number of nitrogens with two attached hydrogens (primary N) is 1. The Balaban J connectivity index is 2.05. The molecule has 0 saturated heterocycles. The molecule has 0 amide bonds. The number of halogens is 1. The Morgan fingerprint density at radius 3 is 2.83 bits per heavy atom. The summed E-state index contributed by atoms with van der Waals surface area (Å²) in [6.45, 7) is 1.64. The number of imidazole rings is 1. The fraction of sp³-hybridized carbons (Fsp3) is 0.308. The van der Waals surface area contributed by atoms with Gasteiger partial charge in [0, 0.05) is 36.1 Å². The first kappa shape index (κ1) is 13.1. The molecule has 0 aliphatic heterocycles. The topological polar surface area (TPSA) is 47.1 Å². The number of benzene rings is 1. The van der Waals surface area contributed by atoms with Crippen LogP contribution in [0, 0.1) is 0 Å². The van der Waals surface area contributed by atoms with E-state index in [0.717, 1.165) is 29.1 Å². The van der Waals surface area contributed by atoms with Crippen LogP contribution in [0.25, 0.3) is 0 Å². The molecule has 2 aromatic rings. The molecule has 1 aromatic carbocycles. The molecule has 5 heteroatoms. The first-order valence-corrected chi connectivity index (χ1v) is 6.55. The summed E-state index contributed by atoms with van der Waals surface area (Å²) in [6, 6.07) is 5.95. The van der Waals surface area contributed by atoms with Crippen LogP contribution in [0.3, 0.4) is 0 Å². The molecule has 0 unspecified atom stereocenters. The van der Waals surface area contributed by atoms with Crippen LogP contribution in [0.1, 0.15) is 11.4 Å². The highest BCUT2D eigenvalue weighted by Gasteiger charge is 2.08. The van der Waals surface area contributed by atoms with Gasteiger partial charge in [-0.1, -0.05) is 12.1 Å². The van der Waals surface area contributed by atoms with Crippen LogP contribution in [0.4, 0.5) is 5.69 Å². The Kier molecular flexibility index (Phi) is 4.04. The molecule has 18 heavy (non-hydrogen) atoms. The van der Waals surface area contributed by atoms with Crippen LogP contribution in [-0.4, -0.2) is 21.5 Å². The molecule has 1 aromatic heterocycles. The van der Waals surface area contributed by atoms with Crippen molar-refractivity contribution >= 4 is 21.6 Å². The van der Waals surface area contributed by atoms with E-state index < -0.39 is 0 Å². The Hall–Kier alpha value is -1.33. The van der Waals surface area contributed by atoms with Gasteiger partial charge in [-0.25, -0.2) is 4.98 Å². The first-order chi connectivity index (χ1) is 8.58. The summed E-state index contributed by atoms with van der Waals surface area (Å²) in [5, 5.41) is 0. The lowest BCUT2D eigenvalue weighted by atomic mass is 10.2. The Morgan fingerprint density at radius 2 is 2.17 bits per heavy atom. The van der Waals surface area contributed by atoms with Gasteiger partial charge in [0.25, 0.3) is 0 Å². The van der Waals surface area contributed by atoms with E-state index in [1.165, 1.54) is 5.56 Å². The SMILES string of the molecule is CN(Cc1cccc(N)c1Br)Cc1nccn1C. The van der Waals surface area contributed by atoms with Gasteiger partial charge in [-0.15, -0.1) is 0 Å². The van der Waals surface area contributed by atoms with Gasteiger partial charge in [-0.05, 0) is 34.6 Å². The lowest BCUT2D eigenvalue weighted by Gasteiger charge is -2.17. The summed E-state index contributed by atoms with van der Waals surface area (Å²) in [7, 11) is 4.08. The molecule has 2 rings (SSSR count). The molecular formula is C13H17BrN4. The third kappa shape index (κ3) is 2.91. The lowest BCUT2D eigenvalue weighted by molar-refractivity contribution is 0.306. The number of aromatic nitrogens is 2. The number of anilines is 1. The maximum absolute atomic E-state index is 5.87. The normalized spacial score (nSPS) is 11.1. The van der Waals surface area contributed by atoms with E-state index >= 15 is 0 Å². The van der Waals surface area contributed by atoms with Gasteiger partial charge in [0.05, 0.1) is 6.54 Å². The van der Waals surface area contributed by atoms with Crippen LogP contribution >= 0.6 is 15.9 Å². The standard InChI is InChI=1S/C13H17BrN4/c1-17(9-12-16-6-7-18(12)2)8-10-4-3-5-11(15)13(10)14/h3-7H,8-9,15H2,1-2H3. The number of nitrogen functional groups attached to an aromatic ring is 1. The highest BCUT2D eigenvalue weighted by atomic mass is 79.9. The van der Waals surface area contributed by atoms with E-state index in [4.69, 9.17) is 5.73 Å². The second kappa shape index (κ2) is 5.54. The highest BCUT2D eigenvalue weighted by molar-refractivity contribution is 9.10. The van der Waals surface area contributed by atoms with E-state index in [1.54, 1.807) is 0 Å². The van der Waals surface area contributed by atoms with Crippen LogP contribution in [0.2, 0.25) is 0 Å². The number of hydrogen-bond donors (Lipinski definition) is 1. The Labute approximate surface area is 116 Å². The summed E-state index contributed by atoms with van der Waals surface area (Å²) in [4.78, 5) is 6.53. The molecule has 0 radical (unpaired) electrons. The number of hydrogen-bond acceptors (Lipinski definition) is 3. The minimum atomic E-state index is 0.776. The number of nitrogens with zero attached hydrogens (tertiary/aromatic N) is 3. The quantitative estimate of drug-likeness (QED) is 0.882. The average molecular weight is 309 g/mol. The summed E-state index contributed by atoms with van der Waals surface area (Å²) in [6.07, 6.45) is 3.78. The maximum Gasteiger partial charge on any atom is 0.122 e. The van der Waals surface area contributed by atoms with Crippen LogP contribution in [-0.2, 0) is 20.1 Å². The number of aryl methyl sites for hydroxylation is 1. The second-order valence-corrected chi connectivity index (χ2v) is 5.24. The van der Waals surface area contributed by atoms with Gasteiger partial charge in [0.2, 0.25) is 0 Å². The van der Waals surface area contributed by atoms with Crippen molar-refractivity contribution in [3.05, 3.63) is 46.5 Å². The molecule has 0 aliphatic carbocycles. The van der Waals surface area contributed by atoms with Crippen molar-refractivity contribution in [1.82, 2.24) is 14.5 Å². The van der Waals surface area contributed by atoms with E-state index in [1.807, 2.05) is 36.1 Å². The van der Waals surface area contributed by atoms with Crippen LogP contribution in [0.5, 0.6) is 0 Å². The van der Waals surface area contributed by atoms with Crippen molar-refractivity contribution in [2.24, 2.45) is 7.05 Å². The highest BCUT2D eigenvalue weighted by Crippen LogP contribution is 2.24. The van der Waals surface area contributed by atoms with Gasteiger partial charge in [0.1, 0.15) is 5.82 Å². The van der Waals surface area contributed by atoms with E-state index in [9.17, 15) is 0 Å². The van der Waals surface area contributed by atoms with Crippen LogP contribution < -0.4 is 5.73 Å². The minimum Gasteiger partial charge on any atom is -0.398 e. The summed E-state index contributed by atoms with van der Waals surface area (Å²) < 4.78 is 3.02. The lowest BCUT2D eigenvalue weighted by Crippen LogP contribution is -2.19. The minimum absolute atomic E-state index is 0.776. The van der Waals surface area contributed by atoms with Gasteiger partial charge in [-0.2, -0.15) is 0 Å². The number of rotatable bonds is 4. The fourth-order valence-electron chi connectivity index (χ4n) is 1.86. The predicted molar refractivity (Wildman–Crippen MR) is 76.9 cm³/mol. The van der Waals surface area contributed by atoms with Gasteiger partial charge < -0.3 is 10.3 Å². The molecule has 0 bridgehead atoms. The van der Waals surface area contributed by atoms with Crippen molar-refractivity contribution in [3.63, 3.8) is 0 Å². The van der Waals surface area contributed by atoms with Crippen molar-refractivity contribution in [2.45, 2.75) is 13.1 Å². The molecule has 0 fully saturated rings. The molecule has 0 saturated carbocycles. The van der Waals surface area contributed by atoms with E-state index in [-0.39, 0.29) is 0 Å². The van der Waals surface area contributed by atoms with E-state index in [0.29, 0.717) is 0 Å². The average Bonchev–Trinajstić information content (AvgIpc) is 2.71. The molecule has 0 aliphatic rings. The van der Waals surface area contributed by atoms with Crippen molar-refractivity contribution < 1.29 is 0 Å². The second-order valence-electron chi connectivity index (χ2n) is 4.45. The summed E-state index contributed by atoms with van der Waals surface area (Å²) >= 11 is 3.53.